The van der Waals surface area contributed by atoms with Gasteiger partial charge in [-0.15, -0.1) is 12.4 Å². The Morgan fingerprint density at radius 2 is 1.76 bits per heavy atom. The van der Waals surface area contributed by atoms with Crippen molar-refractivity contribution in [3.05, 3.63) is 24.2 Å². The van der Waals surface area contributed by atoms with Crippen LogP contribution in [0.4, 0.5) is 0 Å². The number of hydrogen-bond acceptors (Lipinski definition) is 5. The molecular formula is C11H11ClN2O3. The summed E-state index contributed by atoms with van der Waals surface area (Å²) in [6.07, 6.45) is 2.04. The lowest BCUT2D eigenvalue weighted by Crippen LogP contribution is -1.95. The lowest BCUT2D eigenvalue weighted by atomic mass is 10.1. The minimum Gasteiger partial charge on any atom is -0.493 e. The van der Waals surface area contributed by atoms with Gasteiger partial charge in [0.2, 0.25) is 0 Å². The molecule has 0 spiro atoms. The van der Waals surface area contributed by atoms with Gasteiger partial charge in [0.15, 0.2) is 17.8 Å². The largest absolute Gasteiger partial charge is 0.493 e. The molecule has 0 aliphatic heterocycles. The van der Waals surface area contributed by atoms with Crippen LogP contribution in [0.15, 0.2) is 18.5 Å². The lowest BCUT2D eigenvalue weighted by molar-refractivity contribution is 0.112. The van der Waals surface area contributed by atoms with Crippen molar-refractivity contribution in [3.63, 3.8) is 0 Å². The average molecular weight is 255 g/mol. The molecule has 0 saturated heterocycles. The maximum absolute atomic E-state index is 10.8. The summed E-state index contributed by atoms with van der Waals surface area (Å²) in [5, 5.41) is 0.648. The van der Waals surface area contributed by atoms with Crippen LogP contribution in [0.25, 0.3) is 10.9 Å². The number of hydrogen-bond donors (Lipinski definition) is 0. The SMILES string of the molecule is COc1cc2ncnc(C=O)c2cc1OC.Cl. The molecule has 1 aromatic heterocycles. The standard InChI is InChI=1S/C11H10N2O3.ClH/c1-15-10-3-7-8(4-11(10)16-2)12-6-13-9(7)5-14;/h3-6H,1-2H3;1H. The van der Waals surface area contributed by atoms with E-state index in [1.165, 1.54) is 13.4 Å². The molecule has 0 N–H and O–H groups in total. The minimum absolute atomic E-state index is 0. The summed E-state index contributed by atoms with van der Waals surface area (Å²) in [7, 11) is 3.08. The molecule has 90 valence electrons. The highest BCUT2D eigenvalue weighted by Crippen LogP contribution is 2.31. The first kappa shape index (κ1) is 13.2. The fraction of sp³-hybridized carbons (Fsp3) is 0.182. The molecule has 0 saturated carbocycles. The summed E-state index contributed by atoms with van der Waals surface area (Å²) in [5.74, 6) is 1.12. The summed E-state index contributed by atoms with van der Waals surface area (Å²) in [4.78, 5) is 18.8. The van der Waals surface area contributed by atoms with E-state index in [4.69, 9.17) is 9.47 Å². The molecule has 0 radical (unpaired) electrons. The summed E-state index contributed by atoms with van der Waals surface area (Å²) < 4.78 is 10.3. The van der Waals surface area contributed by atoms with Crippen LogP contribution in [0.2, 0.25) is 0 Å². The smallest absolute Gasteiger partial charge is 0.169 e. The first-order valence-electron chi connectivity index (χ1n) is 4.62. The zero-order valence-electron chi connectivity index (χ0n) is 9.34. The van der Waals surface area contributed by atoms with Crippen LogP contribution in [-0.4, -0.2) is 30.5 Å². The lowest BCUT2D eigenvalue weighted by Gasteiger charge is -2.08. The van der Waals surface area contributed by atoms with Crippen LogP contribution >= 0.6 is 12.4 Å². The van der Waals surface area contributed by atoms with E-state index in [2.05, 4.69) is 9.97 Å². The number of benzene rings is 1. The van der Waals surface area contributed by atoms with Gasteiger partial charge in [0.05, 0.1) is 19.7 Å². The Hall–Kier alpha value is -1.88. The quantitative estimate of drug-likeness (QED) is 0.783. The molecule has 2 aromatic rings. The predicted octanol–water partition coefficient (Wildman–Crippen LogP) is 1.88. The van der Waals surface area contributed by atoms with Gasteiger partial charge >= 0.3 is 0 Å². The Morgan fingerprint density at radius 3 is 2.35 bits per heavy atom. The summed E-state index contributed by atoms with van der Waals surface area (Å²) in [6, 6.07) is 3.40. The van der Waals surface area contributed by atoms with Crippen molar-refractivity contribution in [1.29, 1.82) is 0 Å². The molecule has 1 aromatic carbocycles. The van der Waals surface area contributed by atoms with Crippen molar-refractivity contribution >= 4 is 29.6 Å². The van der Waals surface area contributed by atoms with Gasteiger partial charge in [-0.25, -0.2) is 9.97 Å². The van der Waals surface area contributed by atoms with Crippen molar-refractivity contribution in [2.75, 3.05) is 14.2 Å². The van der Waals surface area contributed by atoms with E-state index in [-0.39, 0.29) is 12.4 Å². The van der Waals surface area contributed by atoms with Gasteiger partial charge in [-0.3, -0.25) is 4.79 Å². The predicted molar refractivity (Wildman–Crippen MR) is 65.3 cm³/mol. The normalized spacial score (nSPS) is 9.53. The zero-order valence-corrected chi connectivity index (χ0v) is 10.2. The van der Waals surface area contributed by atoms with Crippen LogP contribution in [0.1, 0.15) is 10.5 Å². The number of aromatic nitrogens is 2. The van der Waals surface area contributed by atoms with Crippen molar-refractivity contribution in [2.24, 2.45) is 0 Å². The molecule has 0 atom stereocenters. The van der Waals surface area contributed by atoms with E-state index < -0.39 is 0 Å². The molecule has 0 fully saturated rings. The monoisotopic (exact) mass is 254 g/mol. The van der Waals surface area contributed by atoms with Gasteiger partial charge in [-0.05, 0) is 6.07 Å². The van der Waals surface area contributed by atoms with E-state index in [9.17, 15) is 4.79 Å². The van der Waals surface area contributed by atoms with E-state index in [1.807, 2.05) is 0 Å². The van der Waals surface area contributed by atoms with E-state index in [0.717, 1.165) is 0 Å². The Morgan fingerprint density at radius 1 is 1.12 bits per heavy atom. The topological polar surface area (TPSA) is 61.3 Å². The first-order valence-corrected chi connectivity index (χ1v) is 4.62. The number of carbonyl (C=O) groups excluding carboxylic acids is 1. The third-order valence-corrected chi connectivity index (χ3v) is 2.28. The Kier molecular flexibility index (Phi) is 4.23. The molecule has 2 rings (SSSR count). The summed E-state index contributed by atoms with van der Waals surface area (Å²) in [6.45, 7) is 0. The summed E-state index contributed by atoms with van der Waals surface area (Å²) >= 11 is 0. The maximum atomic E-state index is 10.8. The molecule has 0 aliphatic carbocycles. The Balaban J connectivity index is 0.00000144. The van der Waals surface area contributed by atoms with Crippen molar-refractivity contribution in [1.82, 2.24) is 9.97 Å². The van der Waals surface area contributed by atoms with Gasteiger partial charge < -0.3 is 9.47 Å². The van der Waals surface area contributed by atoms with Gasteiger partial charge in [0, 0.05) is 11.5 Å². The second-order valence-electron chi connectivity index (χ2n) is 3.10. The van der Waals surface area contributed by atoms with Crippen molar-refractivity contribution < 1.29 is 14.3 Å². The Bertz CT molecular complexity index is 545. The third-order valence-electron chi connectivity index (χ3n) is 2.28. The third kappa shape index (κ3) is 2.29. The summed E-state index contributed by atoms with van der Waals surface area (Å²) in [5.41, 5.74) is 0.987. The van der Waals surface area contributed by atoms with Crippen LogP contribution in [0.5, 0.6) is 11.5 Å². The molecule has 0 bridgehead atoms. The van der Waals surface area contributed by atoms with Crippen LogP contribution in [0, 0.1) is 0 Å². The van der Waals surface area contributed by atoms with Gasteiger partial charge in [0.25, 0.3) is 0 Å². The number of fused-ring (bicyclic) bond motifs is 1. The number of halogens is 1. The number of nitrogens with zero attached hydrogens (tertiary/aromatic N) is 2. The van der Waals surface area contributed by atoms with E-state index in [0.29, 0.717) is 34.4 Å². The van der Waals surface area contributed by atoms with Crippen LogP contribution < -0.4 is 9.47 Å². The molecular weight excluding hydrogens is 244 g/mol. The van der Waals surface area contributed by atoms with Gasteiger partial charge in [-0.2, -0.15) is 0 Å². The van der Waals surface area contributed by atoms with Crippen LogP contribution in [0.3, 0.4) is 0 Å². The first-order chi connectivity index (χ1) is 7.80. The van der Waals surface area contributed by atoms with Crippen molar-refractivity contribution in [2.45, 2.75) is 0 Å². The molecule has 1 heterocycles. The number of rotatable bonds is 3. The highest BCUT2D eigenvalue weighted by molar-refractivity contribution is 5.95. The van der Waals surface area contributed by atoms with E-state index in [1.54, 1.807) is 19.2 Å². The fourth-order valence-electron chi connectivity index (χ4n) is 1.50. The molecule has 0 amide bonds. The molecule has 0 aliphatic rings. The molecule has 0 unspecified atom stereocenters. The fourth-order valence-corrected chi connectivity index (χ4v) is 1.50. The highest BCUT2D eigenvalue weighted by atomic mass is 35.5. The van der Waals surface area contributed by atoms with Crippen LogP contribution in [-0.2, 0) is 0 Å². The zero-order chi connectivity index (χ0) is 11.5. The Labute approximate surface area is 104 Å². The molecule has 17 heavy (non-hydrogen) atoms. The highest BCUT2D eigenvalue weighted by Gasteiger charge is 2.09. The van der Waals surface area contributed by atoms with Crippen molar-refractivity contribution in [3.8, 4) is 11.5 Å². The number of aldehydes is 1. The van der Waals surface area contributed by atoms with E-state index >= 15 is 0 Å². The van der Waals surface area contributed by atoms with Gasteiger partial charge in [0.1, 0.15) is 12.0 Å². The second-order valence-corrected chi connectivity index (χ2v) is 3.10. The van der Waals surface area contributed by atoms with Gasteiger partial charge in [-0.1, -0.05) is 0 Å². The maximum Gasteiger partial charge on any atom is 0.169 e. The number of ether oxygens (including phenoxy) is 2. The second kappa shape index (κ2) is 5.45. The number of carbonyl (C=O) groups is 1. The average Bonchev–Trinajstić information content (AvgIpc) is 2.36. The number of methoxy groups -OCH3 is 2. The molecule has 6 heteroatoms. The minimum atomic E-state index is 0. The molecule has 5 nitrogen and oxygen atoms in total.